The maximum Gasteiger partial charge on any atom is 0.356 e. The maximum absolute atomic E-state index is 13.6. The van der Waals surface area contributed by atoms with Crippen LogP contribution in [0.4, 0.5) is 0 Å². The quantitative estimate of drug-likeness (QED) is 0.162. The zero-order valence-electron chi connectivity index (χ0n) is 30.6. The Hall–Kier alpha value is -5.27. The number of aromatic carboxylic acids is 1. The number of carbonyl (C=O) groups is 5. The van der Waals surface area contributed by atoms with Gasteiger partial charge in [-0.05, 0) is 153 Å². The smallest absolute Gasteiger partial charge is 0.356 e. The lowest BCUT2D eigenvalue weighted by molar-refractivity contribution is -0.151. The lowest BCUT2D eigenvalue weighted by Crippen LogP contribution is -2.47. The summed E-state index contributed by atoms with van der Waals surface area (Å²) in [5.41, 5.74) is 1.49. The van der Waals surface area contributed by atoms with Crippen LogP contribution < -0.4 is 14.2 Å². The minimum Gasteiger partial charge on any atom is -0.506 e. The molecule has 0 heterocycles. The minimum atomic E-state index is -2.43. The number of esters is 3. The van der Waals surface area contributed by atoms with Crippen molar-refractivity contribution in [3.05, 3.63) is 101 Å². The van der Waals surface area contributed by atoms with Crippen LogP contribution in [0, 0.1) is 62.3 Å². The summed E-state index contributed by atoms with van der Waals surface area (Å²) >= 11 is 3.21. The molecule has 274 valence electrons. The molecule has 4 rings (SSSR count). The number of allylic oxidation sites excluding steroid dienone is 2. The molecule has 3 aromatic rings. The summed E-state index contributed by atoms with van der Waals surface area (Å²) in [6.45, 7) is 16.1. The van der Waals surface area contributed by atoms with E-state index in [4.69, 9.17) is 18.9 Å². The molecule has 52 heavy (non-hydrogen) atoms. The number of hydrogen-bond donors (Lipinski definition) is 3. The highest BCUT2D eigenvalue weighted by Gasteiger charge is 2.48. The number of carboxylic acid groups (broad SMARTS) is 1. The van der Waals surface area contributed by atoms with Crippen LogP contribution in [0.15, 0.2) is 34.0 Å². The van der Waals surface area contributed by atoms with Gasteiger partial charge in [0.1, 0.15) is 33.0 Å². The fourth-order valence-corrected chi connectivity index (χ4v) is 6.80. The molecule has 0 saturated carbocycles. The van der Waals surface area contributed by atoms with Crippen molar-refractivity contribution >= 4 is 45.6 Å². The van der Waals surface area contributed by atoms with Gasteiger partial charge in [0.15, 0.2) is 11.5 Å². The van der Waals surface area contributed by atoms with E-state index in [2.05, 4.69) is 15.9 Å². The van der Waals surface area contributed by atoms with E-state index in [1.165, 1.54) is 33.9 Å². The van der Waals surface area contributed by atoms with Gasteiger partial charge in [0, 0.05) is 6.08 Å². The van der Waals surface area contributed by atoms with Crippen LogP contribution in [-0.4, -0.2) is 57.7 Å². The number of aromatic hydroxyl groups is 1. The lowest BCUT2D eigenvalue weighted by Gasteiger charge is -2.30. The van der Waals surface area contributed by atoms with Crippen LogP contribution in [0.1, 0.15) is 88.1 Å². The number of phenols is 1. The minimum absolute atomic E-state index is 0.0400. The number of halogens is 1. The number of carbonyl (C=O) groups excluding carboxylic acids is 4. The maximum atomic E-state index is 13.6. The molecule has 3 aromatic carbocycles. The van der Waals surface area contributed by atoms with Gasteiger partial charge in [0.25, 0.3) is 0 Å². The summed E-state index contributed by atoms with van der Waals surface area (Å²) in [6.07, 6.45) is 2.03. The third-order valence-electron chi connectivity index (χ3n) is 9.82. The Morgan fingerprint density at radius 1 is 0.673 bits per heavy atom. The van der Waals surface area contributed by atoms with Crippen molar-refractivity contribution in [2.24, 2.45) is 0 Å². The van der Waals surface area contributed by atoms with Crippen molar-refractivity contribution in [3.63, 3.8) is 0 Å². The molecule has 3 N–H and O–H groups in total. The van der Waals surface area contributed by atoms with Gasteiger partial charge in [-0.25, -0.2) is 19.2 Å². The third kappa shape index (κ3) is 6.50. The Balaban J connectivity index is 1.66. The summed E-state index contributed by atoms with van der Waals surface area (Å²) in [6, 6.07) is 1.50. The Kier molecular flexibility index (Phi) is 10.9. The molecule has 0 fully saturated rings. The van der Waals surface area contributed by atoms with Crippen LogP contribution in [0.3, 0.4) is 0 Å². The zero-order chi connectivity index (χ0) is 39.3. The van der Waals surface area contributed by atoms with E-state index < -0.39 is 41.0 Å². The molecule has 0 bridgehead atoms. The number of ketones is 1. The highest BCUT2D eigenvalue weighted by Crippen LogP contribution is 2.44. The Morgan fingerprint density at radius 3 is 1.71 bits per heavy atom. The fraction of sp³-hybridized carbons (Fsp3) is 0.308. The van der Waals surface area contributed by atoms with Crippen molar-refractivity contribution in [1.82, 2.24) is 0 Å². The van der Waals surface area contributed by atoms with E-state index >= 15 is 0 Å². The average molecular weight is 780 g/mol. The van der Waals surface area contributed by atoms with Gasteiger partial charge >= 0.3 is 23.9 Å². The lowest BCUT2D eigenvalue weighted by atomic mass is 9.87. The molecule has 1 atom stereocenters. The number of ether oxygens (including phenoxy) is 4. The topological polar surface area (TPSA) is 183 Å². The molecule has 0 amide bonds. The van der Waals surface area contributed by atoms with E-state index in [-0.39, 0.29) is 60.9 Å². The van der Waals surface area contributed by atoms with Crippen molar-refractivity contribution in [1.29, 1.82) is 0 Å². The Morgan fingerprint density at radius 2 is 1.17 bits per heavy atom. The molecule has 0 aliphatic heterocycles. The number of carboxylic acids is 1. The van der Waals surface area contributed by atoms with Gasteiger partial charge in [-0.3, -0.25) is 4.79 Å². The second-order valence-corrected chi connectivity index (χ2v) is 13.6. The predicted octanol–water partition coefficient (Wildman–Crippen LogP) is 6.76. The van der Waals surface area contributed by atoms with Crippen molar-refractivity contribution < 1.29 is 58.2 Å². The van der Waals surface area contributed by atoms with Gasteiger partial charge in [0.2, 0.25) is 5.60 Å². The molecular weight excluding hydrogens is 740 g/mol. The van der Waals surface area contributed by atoms with Crippen molar-refractivity contribution in [3.8, 4) is 23.0 Å². The summed E-state index contributed by atoms with van der Waals surface area (Å²) in [5.74, 6) is -5.16. The molecule has 1 aliphatic rings. The van der Waals surface area contributed by atoms with Crippen LogP contribution in [-0.2, 0) is 14.3 Å². The first-order valence-corrected chi connectivity index (χ1v) is 16.7. The first kappa shape index (κ1) is 39.5. The summed E-state index contributed by atoms with van der Waals surface area (Å²) in [4.78, 5) is 64.4. The number of aliphatic hydroxyl groups is 1. The predicted molar refractivity (Wildman–Crippen MR) is 193 cm³/mol. The number of hydrogen-bond acceptors (Lipinski definition) is 11. The number of aryl methyl sites for hydroxylation is 1. The highest BCUT2D eigenvalue weighted by atomic mass is 79.9. The molecule has 0 unspecified atom stereocenters. The third-order valence-corrected chi connectivity index (χ3v) is 10.6. The molecule has 13 heteroatoms. The van der Waals surface area contributed by atoms with Gasteiger partial charge in [-0.15, -0.1) is 0 Å². The van der Waals surface area contributed by atoms with Crippen LogP contribution >= 0.6 is 15.9 Å². The molecule has 12 nitrogen and oxygen atoms in total. The molecule has 0 radical (unpaired) electrons. The van der Waals surface area contributed by atoms with Crippen molar-refractivity contribution in [2.45, 2.75) is 74.8 Å². The normalized spacial score (nSPS) is 15.4. The first-order chi connectivity index (χ1) is 24.1. The van der Waals surface area contributed by atoms with Crippen LogP contribution in [0.5, 0.6) is 23.0 Å². The summed E-state index contributed by atoms with van der Waals surface area (Å²) < 4.78 is 22.1. The second-order valence-electron chi connectivity index (χ2n) is 12.8. The number of methoxy groups -OCH3 is 1. The Labute approximate surface area is 308 Å². The zero-order valence-corrected chi connectivity index (χ0v) is 32.2. The Bertz CT molecular complexity index is 2130. The molecule has 1 aliphatic carbocycles. The van der Waals surface area contributed by atoms with Crippen LogP contribution in [0.2, 0.25) is 0 Å². The standard InChI is InChI=1S/C39H39BrO12/c1-15-12-26(17(3)18(4)28(15)36(45)51-33-22(8)19(5)29(35(43)44)20(6)23(33)9)50-37(46)30-21(7)24(10)34(31(40)32(30)42)52-38(47)39(48)16(2)13-25(41)14-27(39)49-11/h12-14,42,48H,1-11H3,(H,43,44)/t39-/m1/s1. The summed E-state index contributed by atoms with van der Waals surface area (Å²) in [5, 5.41) is 32.1. The monoisotopic (exact) mass is 778 g/mol. The first-order valence-electron chi connectivity index (χ1n) is 15.9. The van der Waals surface area contributed by atoms with E-state index in [0.717, 1.165) is 12.2 Å². The van der Waals surface area contributed by atoms with E-state index in [1.54, 1.807) is 48.5 Å². The highest BCUT2D eigenvalue weighted by molar-refractivity contribution is 9.10. The number of rotatable bonds is 8. The fourth-order valence-electron chi connectivity index (χ4n) is 6.22. The van der Waals surface area contributed by atoms with E-state index in [1.807, 2.05) is 0 Å². The van der Waals surface area contributed by atoms with Gasteiger partial charge in [0.05, 0.1) is 18.2 Å². The second kappa shape index (κ2) is 14.4. The molecule has 0 aromatic heterocycles. The SMILES string of the molecule is COC1=CC(=O)C=C(C)[C@]1(O)C(=O)Oc1c(C)c(C)c(C(=O)Oc2cc(C)c(C(=O)Oc3c(C)c(C)c(C(=O)O)c(C)c3C)c(C)c2C)c(O)c1Br. The summed E-state index contributed by atoms with van der Waals surface area (Å²) in [7, 11) is 1.19. The van der Waals surface area contributed by atoms with Gasteiger partial charge in [-0.1, -0.05) is 0 Å². The largest absolute Gasteiger partial charge is 0.506 e. The van der Waals surface area contributed by atoms with Crippen molar-refractivity contribution in [2.75, 3.05) is 7.11 Å². The number of benzene rings is 3. The molecule has 0 saturated heterocycles. The van der Waals surface area contributed by atoms with Gasteiger partial charge in [-0.2, -0.15) is 0 Å². The molecular formula is C39H39BrO12. The van der Waals surface area contributed by atoms with E-state index in [0.29, 0.717) is 38.9 Å². The van der Waals surface area contributed by atoms with Crippen LogP contribution in [0.25, 0.3) is 0 Å². The number of phenolic OH excluding ortho intramolecular Hbond substituents is 1. The average Bonchev–Trinajstić information content (AvgIpc) is 3.07. The molecule has 0 spiro atoms. The van der Waals surface area contributed by atoms with E-state index in [9.17, 15) is 39.3 Å². The van der Waals surface area contributed by atoms with Gasteiger partial charge < -0.3 is 34.3 Å².